The molecular weight excluding hydrogens is 613 g/mol. The zero-order valence-corrected chi connectivity index (χ0v) is 31.2. The Balaban J connectivity index is 3.81. The van der Waals surface area contributed by atoms with Crippen LogP contribution in [0.5, 0.6) is 0 Å². The Bertz CT molecular complexity index is 818. The second kappa shape index (κ2) is 36.0. The van der Waals surface area contributed by atoms with Gasteiger partial charge in [0.2, 0.25) is 0 Å². The minimum absolute atomic E-state index is 0.0972. The molecule has 0 heterocycles. The van der Waals surface area contributed by atoms with Crippen molar-refractivity contribution in [3.05, 3.63) is 36.5 Å². The van der Waals surface area contributed by atoms with Gasteiger partial charge in [-0.3, -0.25) is 13.8 Å². The topological polar surface area (TPSA) is 117 Å². The first-order chi connectivity index (χ1) is 22.9. The number of rotatable bonds is 36. The van der Waals surface area contributed by atoms with Crippen molar-refractivity contribution < 1.29 is 32.8 Å². The van der Waals surface area contributed by atoms with Gasteiger partial charge in [0, 0.05) is 19.6 Å². The van der Waals surface area contributed by atoms with Crippen LogP contribution in [0.2, 0.25) is 0 Å². The standard InChI is InChI=1S/C38H72NO7P/c1-3-5-7-9-10-11-12-13-14-15-16-17-18-19-20-21-22-23-24-25-26-27-28-30-33-43-35-37(36-45-47(41,42)44-34-32-39)46-38(40)31-29-8-6-4-2/h12-13,15-16,18-19,37H,3-11,14,17,20-36,39H2,1-2H3,(H,41,42)/b13-12-,16-15-,19-18-. The molecule has 2 unspecified atom stereocenters. The summed E-state index contributed by atoms with van der Waals surface area (Å²) in [5, 5.41) is 0. The molecule has 0 aromatic heterocycles. The van der Waals surface area contributed by atoms with E-state index in [9.17, 15) is 14.3 Å². The third kappa shape index (κ3) is 35.8. The van der Waals surface area contributed by atoms with Crippen LogP contribution >= 0.6 is 7.82 Å². The maximum atomic E-state index is 12.2. The van der Waals surface area contributed by atoms with Crippen molar-refractivity contribution in [3.63, 3.8) is 0 Å². The molecule has 0 aliphatic rings. The molecule has 0 fully saturated rings. The van der Waals surface area contributed by atoms with Crippen LogP contribution in [0.15, 0.2) is 36.5 Å². The van der Waals surface area contributed by atoms with Crippen LogP contribution in [0, 0.1) is 0 Å². The Hall–Kier alpha value is -1.28. The lowest BCUT2D eigenvalue weighted by atomic mass is 10.1. The lowest BCUT2D eigenvalue weighted by Gasteiger charge is -2.20. The van der Waals surface area contributed by atoms with E-state index in [2.05, 4.69) is 50.3 Å². The second-order valence-electron chi connectivity index (χ2n) is 12.4. The predicted molar refractivity (Wildman–Crippen MR) is 196 cm³/mol. The molecule has 0 aliphatic heterocycles. The molecule has 276 valence electrons. The number of hydrogen-bond acceptors (Lipinski definition) is 7. The SMILES string of the molecule is CCCCCCC/C=C\C/C=C\C/C=C\CCCCCCCCCCCOCC(COP(=O)(O)OCCN)OC(=O)CCCCCC. The largest absolute Gasteiger partial charge is 0.472 e. The summed E-state index contributed by atoms with van der Waals surface area (Å²) >= 11 is 0. The fourth-order valence-electron chi connectivity index (χ4n) is 5.00. The molecule has 0 aliphatic carbocycles. The van der Waals surface area contributed by atoms with Gasteiger partial charge in [0.05, 0.1) is 19.8 Å². The summed E-state index contributed by atoms with van der Waals surface area (Å²) in [7, 11) is -4.26. The first kappa shape index (κ1) is 45.7. The van der Waals surface area contributed by atoms with Gasteiger partial charge in [-0.05, 0) is 51.4 Å². The van der Waals surface area contributed by atoms with E-state index < -0.39 is 13.9 Å². The molecule has 0 amide bonds. The number of allylic oxidation sites excluding steroid dienone is 6. The molecule has 0 rings (SSSR count). The molecule has 2 atom stereocenters. The summed E-state index contributed by atoms with van der Waals surface area (Å²) in [5.74, 6) is -0.351. The number of unbranched alkanes of at least 4 members (excludes halogenated alkanes) is 17. The molecule has 0 saturated heterocycles. The van der Waals surface area contributed by atoms with Crippen LogP contribution in [-0.4, -0.2) is 49.9 Å². The Morgan fingerprint density at radius 2 is 1.13 bits per heavy atom. The van der Waals surface area contributed by atoms with Crippen molar-refractivity contribution in [3.8, 4) is 0 Å². The van der Waals surface area contributed by atoms with Gasteiger partial charge in [-0.25, -0.2) is 4.57 Å². The number of hydrogen-bond donors (Lipinski definition) is 2. The van der Waals surface area contributed by atoms with E-state index in [-0.39, 0.29) is 32.3 Å². The molecule has 9 heteroatoms. The number of phosphoric ester groups is 1. The summed E-state index contributed by atoms with van der Waals surface area (Å²) < 4.78 is 33.0. The molecule has 0 radical (unpaired) electrons. The van der Waals surface area contributed by atoms with E-state index in [4.69, 9.17) is 24.3 Å². The number of carbonyl (C=O) groups is 1. The van der Waals surface area contributed by atoms with E-state index in [1.165, 1.54) is 89.9 Å². The van der Waals surface area contributed by atoms with Gasteiger partial charge >= 0.3 is 13.8 Å². The van der Waals surface area contributed by atoms with Crippen molar-refractivity contribution in [2.24, 2.45) is 5.73 Å². The van der Waals surface area contributed by atoms with E-state index >= 15 is 0 Å². The summed E-state index contributed by atoms with van der Waals surface area (Å²) in [6.07, 6.45) is 39.4. The summed E-state index contributed by atoms with van der Waals surface area (Å²) in [4.78, 5) is 22.0. The highest BCUT2D eigenvalue weighted by atomic mass is 31.2. The Morgan fingerprint density at radius 3 is 1.68 bits per heavy atom. The second-order valence-corrected chi connectivity index (χ2v) is 13.9. The molecule has 3 N–H and O–H groups in total. The van der Waals surface area contributed by atoms with Gasteiger partial charge in [-0.1, -0.05) is 140 Å². The van der Waals surface area contributed by atoms with Gasteiger partial charge in [-0.2, -0.15) is 0 Å². The third-order valence-corrected chi connectivity index (χ3v) is 8.79. The summed E-state index contributed by atoms with van der Waals surface area (Å²) in [6.45, 7) is 4.76. The zero-order chi connectivity index (χ0) is 34.5. The summed E-state index contributed by atoms with van der Waals surface area (Å²) in [6, 6.07) is 0. The molecular formula is C38H72NO7P. The van der Waals surface area contributed by atoms with Gasteiger partial charge < -0.3 is 20.1 Å². The monoisotopic (exact) mass is 686 g/mol. The van der Waals surface area contributed by atoms with E-state index in [1.807, 2.05) is 0 Å². The third-order valence-electron chi connectivity index (χ3n) is 7.81. The lowest BCUT2D eigenvalue weighted by Crippen LogP contribution is -2.28. The molecule has 0 aromatic rings. The first-order valence-corrected chi connectivity index (χ1v) is 20.5. The number of nitrogens with two attached hydrogens (primary N) is 1. The zero-order valence-electron chi connectivity index (χ0n) is 30.3. The minimum Gasteiger partial charge on any atom is -0.457 e. The van der Waals surface area contributed by atoms with Crippen molar-refractivity contribution in [1.82, 2.24) is 0 Å². The molecule has 0 aromatic carbocycles. The first-order valence-electron chi connectivity index (χ1n) is 19.0. The number of phosphoric acid groups is 1. The number of ether oxygens (including phenoxy) is 2. The number of carbonyl (C=O) groups excluding carboxylic acids is 1. The summed E-state index contributed by atoms with van der Waals surface area (Å²) in [5.41, 5.74) is 5.32. The van der Waals surface area contributed by atoms with Crippen LogP contribution in [-0.2, 0) is 27.9 Å². The Morgan fingerprint density at radius 1 is 0.638 bits per heavy atom. The Kier molecular flexibility index (Phi) is 35.0. The molecule has 0 spiro atoms. The Labute approximate surface area is 288 Å². The molecule has 8 nitrogen and oxygen atoms in total. The van der Waals surface area contributed by atoms with Gasteiger partial charge in [-0.15, -0.1) is 0 Å². The van der Waals surface area contributed by atoms with E-state index in [1.54, 1.807) is 0 Å². The minimum atomic E-state index is -4.26. The quantitative estimate of drug-likeness (QED) is 0.0290. The van der Waals surface area contributed by atoms with Crippen molar-refractivity contribution in [2.75, 3.05) is 33.0 Å². The lowest BCUT2D eigenvalue weighted by molar-refractivity contribution is -0.154. The van der Waals surface area contributed by atoms with Crippen molar-refractivity contribution in [1.29, 1.82) is 0 Å². The van der Waals surface area contributed by atoms with Crippen LogP contribution in [0.3, 0.4) is 0 Å². The normalized spacial score (nSPS) is 14.0. The fraction of sp³-hybridized carbons (Fsp3) is 0.816. The number of esters is 1. The van der Waals surface area contributed by atoms with Gasteiger partial charge in [0.15, 0.2) is 0 Å². The van der Waals surface area contributed by atoms with Crippen LogP contribution in [0.25, 0.3) is 0 Å². The fourth-order valence-corrected chi connectivity index (χ4v) is 5.77. The average molecular weight is 686 g/mol. The maximum absolute atomic E-state index is 12.2. The maximum Gasteiger partial charge on any atom is 0.472 e. The van der Waals surface area contributed by atoms with Crippen LogP contribution in [0.1, 0.15) is 162 Å². The molecule has 0 saturated carbocycles. The van der Waals surface area contributed by atoms with Crippen molar-refractivity contribution >= 4 is 13.8 Å². The van der Waals surface area contributed by atoms with Gasteiger partial charge in [0.25, 0.3) is 0 Å². The highest BCUT2D eigenvalue weighted by molar-refractivity contribution is 7.47. The van der Waals surface area contributed by atoms with Crippen molar-refractivity contribution in [2.45, 2.75) is 168 Å². The van der Waals surface area contributed by atoms with Gasteiger partial charge in [0.1, 0.15) is 6.10 Å². The highest BCUT2D eigenvalue weighted by Crippen LogP contribution is 2.43. The molecule has 47 heavy (non-hydrogen) atoms. The van der Waals surface area contributed by atoms with Crippen LogP contribution < -0.4 is 5.73 Å². The van der Waals surface area contributed by atoms with Crippen LogP contribution in [0.4, 0.5) is 0 Å². The predicted octanol–water partition coefficient (Wildman–Crippen LogP) is 10.7. The molecule has 0 bridgehead atoms. The van der Waals surface area contributed by atoms with E-state index in [0.29, 0.717) is 13.0 Å². The average Bonchev–Trinajstić information content (AvgIpc) is 3.06. The van der Waals surface area contributed by atoms with E-state index in [0.717, 1.165) is 51.4 Å². The smallest absolute Gasteiger partial charge is 0.457 e. The highest BCUT2D eigenvalue weighted by Gasteiger charge is 2.25.